The third-order valence-corrected chi connectivity index (χ3v) is 4.61. The van der Waals surface area contributed by atoms with E-state index >= 15 is 0 Å². The van der Waals surface area contributed by atoms with Gasteiger partial charge in [0.25, 0.3) is 0 Å². The summed E-state index contributed by atoms with van der Waals surface area (Å²) >= 11 is 4.00. The number of hydrogen-bond acceptors (Lipinski definition) is 1. The molecule has 0 unspecified atom stereocenters. The van der Waals surface area contributed by atoms with Gasteiger partial charge >= 0.3 is 92.0 Å². The molecule has 1 nitrogen and oxygen atoms in total. The molecule has 0 aliphatic heterocycles. The van der Waals surface area contributed by atoms with Gasteiger partial charge in [-0.3, -0.25) is 0 Å². The first kappa shape index (κ1) is 9.47. The predicted molar refractivity (Wildman–Crippen MR) is 61.3 cm³/mol. The molecule has 13 heavy (non-hydrogen) atoms. The van der Waals surface area contributed by atoms with Crippen LogP contribution in [0.25, 0.3) is 9.65 Å². The first-order valence-electron chi connectivity index (χ1n) is 4.17. The molecule has 68 valence electrons. The van der Waals surface area contributed by atoms with Gasteiger partial charge in [0.05, 0.1) is 0 Å². The van der Waals surface area contributed by atoms with Crippen molar-refractivity contribution < 1.29 is 0 Å². The van der Waals surface area contributed by atoms with E-state index in [0.29, 0.717) is 14.5 Å². The monoisotopic (exact) mass is 303 g/mol. The van der Waals surface area contributed by atoms with Crippen LogP contribution in [0.5, 0.6) is 0 Å². The fraction of sp³-hybridized carbons (Fsp3) is 0.200. The quantitative estimate of drug-likeness (QED) is 0.845. The second-order valence-corrected chi connectivity index (χ2v) is 5.77. The van der Waals surface area contributed by atoms with Gasteiger partial charge in [-0.25, -0.2) is 0 Å². The van der Waals surface area contributed by atoms with Gasteiger partial charge in [-0.15, -0.1) is 0 Å². The zero-order valence-corrected chi connectivity index (χ0v) is 10.4. The summed E-state index contributed by atoms with van der Waals surface area (Å²) < 4.78 is 2.65. The summed E-state index contributed by atoms with van der Waals surface area (Å²) in [5, 5.41) is 1.41. The molecule has 0 aliphatic rings. The maximum atomic E-state index is 5.55. The molecule has 0 radical (unpaired) electrons. The van der Waals surface area contributed by atoms with Crippen molar-refractivity contribution >= 4 is 40.1 Å². The van der Waals surface area contributed by atoms with Gasteiger partial charge in [0.15, 0.2) is 0 Å². The Hall–Kier alpha value is -0.0805. The molecular formula is C10H10BrNSe. The van der Waals surface area contributed by atoms with Crippen LogP contribution in [0, 0.1) is 0 Å². The van der Waals surface area contributed by atoms with Crippen molar-refractivity contribution in [2.75, 3.05) is 6.54 Å². The third kappa shape index (κ3) is 1.89. The molecule has 0 fully saturated rings. The summed E-state index contributed by atoms with van der Waals surface area (Å²) in [6.07, 6.45) is 1.01. The third-order valence-electron chi connectivity index (χ3n) is 2.03. The molecule has 2 rings (SSSR count). The second-order valence-electron chi connectivity index (χ2n) is 2.94. The van der Waals surface area contributed by atoms with E-state index in [1.54, 1.807) is 0 Å². The number of fused-ring (bicyclic) bond motifs is 1. The van der Waals surface area contributed by atoms with Crippen molar-refractivity contribution in [3.8, 4) is 0 Å². The summed E-state index contributed by atoms with van der Waals surface area (Å²) in [5.74, 6) is 0. The number of benzene rings is 1. The molecule has 1 aromatic heterocycles. The van der Waals surface area contributed by atoms with Gasteiger partial charge in [0.1, 0.15) is 0 Å². The Labute approximate surface area is 91.8 Å². The minimum atomic E-state index is 0.517. The minimum absolute atomic E-state index is 0.517. The van der Waals surface area contributed by atoms with Crippen molar-refractivity contribution in [3.63, 3.8) is 0 Å². The van der Waals surface area contributed by atoms with Crippen LogP contribution in [0.1, 0.15) is 5.56 Å². The van der Waals surface area contributed by atoms with E-state index in [9.17, 15) is 0 Å². The molecule has 3 heteroatoms. The van der Waals surface area contributed by atoms with Gasteiger partial charge in [-0.1, -0.05) is 0 Å². The summed E-state index contributed by atoms with van der Waals surface area (Å²) in [6, 6.07) is 6.51. The van der Waals surface area contributed by atoms with Crippen LogP contribution < -0.4 is 5.73 Å². The van der Waals surface area contributed by atoms with Gasteiger partial charge in [0, 0.05) is 0 Å². The first-order valence-corrected chi connectivity index (χ1v) is 6.81. The fourth-order valence-electron chi connectivity index (χ4n) is 1.41. The van der Waals surface area contributed by atoms with Gasteiger partial charge < -0.3 is 0 Å². The average molecular weight is 303 g/mol. The predicted octanol–water partition coefficient (Wildman–Crippen LogP) is 2.16. The number of nitrogens with two attached hydrogens (primary N) is 1. The van der Waals surface area contributed by atoms with Crippen LogP contribution in [0.2, 0.25) is 0 Å². The Bertz CT molecular complexity index is 422. The molecule has 0 atom stereocenters. The van der Waals surface area contributed by atoms with E-state index in [4.69, 9.17) is 5.73 Å². The van der Waals surface area contributed by atoms with Crippen molar-refractivity contribution in [2.24, 2.45) is 5.73 Å². The molecule has 0 aliphatic carbocycles. The Balaban J connectivity index is 2.55. The van der Waals surface area contributed by atoms with Crippen LogP contribution >= 0.6 is 15.9 Å². The van der Waals surface area contributed by atoms with Crippen molar-refractivity contribution in [2.45, 2.75) is 6.42 Å². The Kier molecular flexibility index (Phi) is 2.89. The van der Waals surface area contributed by atoms with Crippen LogP contribution in [-0.4, -0.2) is 21.0 Å². The maximum absolute atomic E-state index is 5.55. The normalized spacial score (nSPS) is 10.9. The molecule has 2 aromatic rings. The summed E-state index contributed by atoms with van der Waals surface area (Å²) in [4.78, 5) is 2.34. The number of halogens is 1. The molecule has 1 heterocycles. The summed E-state index contributed by atoms with van der Waals surface area (Å²) in [5.41, 5.74) is 6.99. The second kappa shape index (κ2) is 3.97. The Morgan fingerprint density at radius 3 is 3.00 bits per heavy atom. The molecule has 2 N–H and O–H groups in total. The molecule has 1 aromatic carbocycles. The molecule has 0 bridgehead atoms. The molecule has 0 saturated heterocycles. The number of hydrogen-bond donors (Lipinski definition) is 1. The fourth-order valence-corrected chi connectivity index (χ4v) is 4.28. The first-order chi connectivity index (χ1) is 6.31. The zero-order valence-electron chi connectivity index (χ0n) is 7.09. The average Bonchev–Trinajstić information content (AvgIpc) is 2.49. The van der Waals surface area contributed by atoms with E-state index in [1.807, 2.05) is 0 Å². The molecule has 0 saturated carbocycles. The van der Waals surface area contributed by atoms with E-state index in [0.717, 1.165) is 13.0 Å². The van der Waals surface area contributed by atoms with E-state index in [1.165, 1.54) is 19.7 Å². The number of rotatable bonds is 2. The van der Waals surface area contributed by atoms with Crippen molar-refractivity contribution in [3.05, 3.63) is 33.2 Å². The SMILES string of the molecule is NCCc1c[se]c2cc(Br)ccc12. The Morgan fingerprint density at radius 1 is 1.38 bits per heavy atom. The van der Waals surface area contributed by atoms with Gasteiger partial charge in [-0.05, 0) is 0 Å². The van der Waals surface area contributed by atoms with Gasteiger partial charge in [0.2, 0.25) is 0 Å². The summed E-state index contributed by atoms with van der Waals surface area (Å²) in [6.45, 7) is 0.747. The standard InChI is InChI=1S/C10H10BrNSe/c11-8-1-2-9-7(3-4-12)6-13-10(9)5-8/h1-2,5-6H,3-4,12H2. The molecule has 0 amide bonds. The Morgan fingerprint density at radius 2 is 2.23 bits per heavy atom. The zero-order chi connectivity index (χ0) is 9.26. The van der Waals surface area contributed by atoms with Crippen LogP contribution in [-0.2, 0) is 6.42 Å². The van der Waals surface area contributed by atoms with Crippen LogP contribution in [0.3, 0.4) is 0 Å². The van der Waals surface area contributed by atoms with Crippen molar-refractivity contribution in [1.29, 1.82) is 0 Å². The molecular weight excluding hydrogens is 293 g/mol. The van der Waals surface area contributed by atoms with Crippen LogP contribution in [0.4, 0.5) is 0 Å². The van der Waals surface area contributed by atoms with E-state index in [-0.39, 0.29) is 0 Å². The van der Waals surface area contributed by atoms with Gasteiger partial charge in [-0.2, -0.15) is 0 Å². The summed E-state index contributed by atoms with van der Waals surface area (Å²) in [7, 11) is 0. The van der Waals surface area contributed by atoms with E-state index in [2.05, 4.69) is 39.1 Å². The van der Waals surface area contributed by atoms with Crippen molar-refractivity contribution in [1.82, 2.24) is 0 Å². The molecule has 0 spiro atoms. The van der Waals surface area contributed by atoms with E-state index < -0.39 is 0 Å². The topological polar surface area (TPSA) is 26.0 Å². The van der Waals surface area contributed by atoms with Crippen LogP contribution in [0.15, 0.2) is 27.6 Å².